The van der Waals surface area contributed by atoms with Gasteiger partial charge in [-0.2, -0.15) is 0 Å². The first kappa shape index (κ1) is 14.1. The Morgan fingerprint density at radius 1 is 1.00 bits per heavy atom. The molecule has 0 N–H and O–H groups in total. The molecule has 0 aliphatic carbocycles. The molecule has 3 nitrogen and oxygen atoms in total. The molecule has 0 fully saturated rings. The summed E-state index contributed by atoms with van der Waals surface area (Å²) in [4.78, 5) is 12.1. The predicted molar refractivity (Wildman–Crippen MR) is 78.7 cm³/mol. The fraction of sp³-hybridized carbons (Fsp3) is 0.235. The summed E-state index contributed by atoms with van der Waals surface area (Å²) in [5.41, 5.74) is 2.83. The molecule has 104 valence electrons. The highest BCUT2D eigenvalue weighted by molar-refractivity contribution is 5.97. The van der Waals surface area contributed by atoms with Gasteiger partial charge in [0.15, 0.2) is 12.4 Å². The van der Waals surface area contributed by atoms with Crippen molar-refractivity contribution in [2.75, 3.05) is 13.7 Å². The Bertz CT molecular complexity index is 597. The Hall–Kier alpha value is -2.29. The van der Waals surface area contributed by atoms with Gasteiger partial charge in [0.25, 0.3) is 0 Å². The molecule has 0 aliphatic heterocycles. The molecule has 0 saturated heterocycles. The molecule has 20 heavy (non-hydrogen) atoms. The second-order valence-corrected chi connectivity index (χ2v) is 4.77. The molecule has 3 heteroatoms. The number of hydrogen-bond acceptors (Lipinski definition) is 3. The zero-order valence-electron chi connectivity index (χ0n) is 12.0. The minimum atomic E-state index is -0.0666. The molecule has 0 bridgehead atoms. The molecule has 2 rings (SSSR count). The number of ketones is 1. The molecular weight excluding hydrogens is 252 g/mol. The van der Waals surface area contributed by atoms with E-state index in [-0.39, 0.29) is 12.4 Å². The maximum absolute atomic E-state index is 12.1. The fourth-order valence-corrected chi connectivity index (χ4v) is 2.04. The third kappa shape index (κ3) is 3.60. The smallest absolute Gasteiger partial charge is 0.200 e. The van der Waals surface area contributed by atoms with Crippen LogP contribution in [0.1, 0.15) is 21.5 Å². The lowest BCUT2D eigenvalue weighted by Gasteiger charge is -2.08. The molecule has 0 amide bonds. The van der Waals surface area contributed by atoms with Crippen LogP contribution in [0.25, 0.3) is 0 Å². The Balaban J connectivity index is 2.04. The third-order valence-electron chi connectivity index (χ3n) is 2.96. The van der Waals surface area contributed by atoms with Crippen molar-refractivity contribution < 1.29 is 14.3 Å². The van der Waals surface area contributed by atoms with Crippen LogP contribution in [-0.2, 0) is 0 Å². The molecule has 0 atom stereocenters. The Morgan fingerprint density at radius 2 is 1.70 bits per heavy atom. The highest BCUT2D eigenvalue weighted by Gasteiger charge is 2.08. The predicted octanol–water partition coefficient (Wildman–Crippen LogP) is 3.57. The van der Waals surface area contributed by atoms with E-state index in [0.29, 0.717) is 11.3 Å². The number of Topliss-reactive ketones (excluding diaryl/α,β-unsaturated/α-hetero) is 1. The number of aryl methyl sites for hydroxylation is 2. The second-order valence-electron chi connectivity index (χ2n) is 4.77. The van der Waals surface area contributed by atoms with Crippen LogP contribution in [0.4, 0.5) is 0 Å². The van der Waals surface area contributed by atoms with Crippen LogP contribution < -0.4 is 9.47 Å². The van der Waals surface area contributed by atoms with Crippen LogP contribution in [0.2, 0.25) is 0 Å². The lowest BCUT2D eigenvalue weighted by atomic mass is 10.1. The van der Waals surface area contributed by atoms with Crippen LogP contribution in [-0.4, -0.2) is 19.5 Å². The normalized spacial score (nSPS) is 10.2. The molecule has 0 saturated carbocycles. The lowest BCUT2D eigenvalue weighted by molar-refractivity contribution is 0.0921. The van der Waals surface area contributed by atoms with Crippen molar-refractivity contribution in [2.24, 2.45) is 0 Å². The maximum atomic E-state index is 12.1. The van der Waals surface area contributed by atoms with Gasteiger partial charge in [0.2, 0.25) is 0 Å². The summed E-state index contributed by atoms with van der Waals surface area (Å²) in [5, 5.41) is 0. The number of carbonyl (C=O) groups is 1. The SMILES string of the molecule is COc1cccc(C(=O)COc2cc(C)cc(C)c2)c1. The van der Waals surface area contributed by atoms with Crippen molar-refractivity contribution in [2.45, 2.75) is 13.8 Å². The number of methoxy groups -OCH3 is 1. The van der Waals surface area contributed by atoms with Gasteiger partial charge in [-0.3, -0.25) is 4.79 Å². The largest absolute Gasteiger partial charge is 0.497 e. The van der Waals surface area contributed by atoms with E-state index in [1.165, 1.54) is 0 Å². The van der Waals surface area contributed by atoms with Crippen LogP contribution >= 0.6 is 0 Å². The zero-order chi connectivity index (χ0) is 14.5. The van der Waals surface area contributed by atoms with E-state index in [1.807, 2.05) is 32.0 Å². The van der Waals surface area contributed by atoms with E-state index >= 15 is 0 Å². The van der Waals surface area contributed by atoms with E-state index in [4.69, 9.17) is 9.47 Å². The molecular formula is C17H18O3. The van der Waals surface area contributed by atoms with Crippen LogP contribution in [0.5, 0.6) is 11.5 Å². The quantitative estimate of drug-likeness (QED) is 0.779. The third-order valence-corrected chi connectivity index (χ3v) is 2.96. The molecule has 2 aromatic rings. The average Bonchev–Trinajstić information content (AvgIpc) is 2.44. The van der Waals surface area contributed by atoms with Gasteiger partial charge in [-0.25, -0.2) is 0 Å². The van der Waals surface area contributed by atoms with Gasteiger partial charge in [0.05, 0.1) is 7.11 Å². The minimum absolute atomic E-state index is 0.0239. The van der Waals surface area contributed by atoms with E-state index < -0.39 is 0 Å². The number of hydrogen-bond donors (Lipinski definition) is 0. The number of ether oxygens (including phenoxy) is 2. The van der Waals surface area contributed by atoms with Crippen LogP contribution in [0.3, 0.4) is 0 Å². The number of benzene rings is 2. The molecule has 0 unspecified atom stereocenters. The molecule has 0 spiro atoms. The van der Waals surface area contributed by atoms with E-state index in [2.05, 4.69) is 6.07 Å². The molecule has 0 aliphatic rings. The number of rotatable bonds is 5. The van der Waals surface area contributed by atoms with Gasteiger partial charge in [-0.1, -0.05) is 18.2 Å². The highest BCUT2D eigenvalue weighted by Crippen LogP contribution is 2.17. The first-order valence-corrected chi connectivity index (χ1v) is 6.47. The molecule has 2 aromatic carbocycles. The number of carbonyl (C=O) groups excluding carboxylic acids is 1. The summed E-state index contributed by atoms with van der Waals surface area (Å²) in [6, 6.07) is 13.0. The van der Waals surface area contributed by atoms with E-state index in [0.717, 1.165) is 16.9 Å². The van der Waals surface area contributed by atoms with E-state index in [9.17, 15) is 4.79 Å². The Kier molecular flexibility index (Phi) is 4.41. The molecule has 0 aromatic heterocycles. The van der Waals surface area contributed by atoms with Gasteiger partial charge in [0, 0.05) is 5.56 Å². The van der Waals surface area contributed by atoms with Gasteiger partial charge in [-0.05, 0) is 49.2 Å². The van der Waals surface area contributed by atoms with Gasteiger partial charge in [0.1, 0.15) is 11.5 Å². The van der Waals surface area contributed by atoms with Gasteiger partial charge in [-0.15, -0.1) is 0 Å². The highest BCUT2D eigenvalue weighted by atomic mass is 16.5. The topological polar surface area (TPSA) is 35.5 Å². The Labute approximate surface area is 119 Å². The molecule has 0 radical (unpaired) electrons. The summed E-state index contributed by atoms with van der Waals surface area (Å²) in [5.74, 6) is 1.32. The first-order valence-electron chi connectivity index (χ1n) is 6.47. The van der Waals surface area contributed by atoms with Crippen molar-refractivity contribution in [3.8, 4) is 11.5 Å². The summed E-state index contributed by atoms with van der Waals surface area (Å²) in [6.07, 6.45) is 0. The second kappa shape index (κ2) is 6.24. The fourth-order valence-electron chi connectivity index (χ4n) is 2.04. The Morgan fingerprint density at radius 3 is 2.35 bits per heavy atom. The van der Waals surface area contributed by atoms with Crippen molar-refractivity contribution in [3.05, 3.63) is 59.2 Å². The standard InChI is InChI=1S/C17H18O3/c1-12-7-13(2)9-16(8-12)20-11-17(18)14-5-4-6-15(10-14)19-3/h4-10H,11H2,1-3H3. The summed E-state index contributed by atoms with van der Waals surface area (Å²) in [7, 11) is 1.58. The monoisotopic (exact) mass is 270 g/mol. The van der Waals surface area contributed by atoms with Crippen LogP contribution in [0, 0.1) is 13.8 Å². The minimum Gasteiger partial charge on any atom is -0.497 e. The van der Waals surface area contributed by atoms with Crippen molar-refractivity contribution in [3.63, 3.8) is 0 Å². The first-order chi connectivity index (χ1) is 9.58. The van der Waals surface area contributed by atoms with Crippen LogP contribution in [0.15, 0.2) is 42.5 Å². The summed E-state index contributed by atoms with van der Waals surface area (Å²) >= 11 is 0. The van der Waals surface area contributed by atoms with Gasteiger partial charge < -0.3 is 9.47 Å². The van der Waals surface area contributed by atoms with Crippen molar-refractivity contribution >= 4 is 5.78 Å². The van der Waals surface area contributed by atoms with Gasteiger partial charge >= 0.3 is 0 Å². The average molecular weight is 270 g/mol. The zero-order valence-corrected chi connectivity index (χ0v) is 12.0. The molecule has 0 heterocycles. The van der Waals surface area contributed by atoms with E-state index in [1.54, 1.807) is 25.3 Å². The maximum Gasteiger partial charge on any atom is 0.200 e. The summed E-state index contributed by atoms with van der Waals surface area (Å²) < 4.78 is 10.7. The van der Waals surface area contributed by atoms with Crippen molar-refractivity contribution in [1.29, 1.82) is 0 Å². The lowest BCUT2D eigenvalue weighted by Crippen LogP contribution is -2.11. The van der Waals surface area contributed by atoms with Crippen molar-refractivity contribution in [1.82, 2.24) is 0 Å². The summed E-state index contributed by atoms with van der Waals surface area (Å²) in [6.45, 7) is 4.03.